The van der Waals surface area contributed by atoms with E-state index in [0.717, 1.165) is 11.5 Å². The maximum absolute atomic E-state index is 13.5. The fourth-order valence-corrected chi connectivity index (χ4v) is 2.58. The van der Waals surface area contributed by atoms with Crippen LogP contribution in [0.4, 0.5) is 8.78 Å². The Morgan fingerprint density at radius 3 is 2.20 bits per heavy atom. The summed E-state index contributed by atoms with van der Waals surface area (Å²) in [4.78, 5) is 3.86. The highest BCUT2D eigenvalue weighted by Crippen LogP contribution is 2.30. The molecule has 0 fully saturated rings. The number of aromatic nitrogens is 2. The zero-order valence-corrected chi connectivity index (χ0v) is 11.0. The summed E-state index contributed by atoms with van der Waals surface area (Å²) in [7, 11) is 0. The molecule has 2 aromatic rings. The lowest BCUT2D eigenvalue weighted by molar-refractivity contribution is 0.588. The zero-order chi connectivity index (χ0) is 11.0. The average Bonchev–Trinajstić information content (AvgIpc) is 2.49. The normalized spacial score (nSPS) is 10.7. The van der Waals surface area contributed by atoms with E-state index in [1.807, 2.05) is 0 Å². The van der Waals surface area contributed by atoms with Crippen molar-refractivity contribution in [2.75, 3.05) is 0 Å². The van der Waals surface area contributed by atoms with E-state index in [-0.39, 0.29) is 10.6 Å². The predicted molar refractivity (Wildman–Crippen MR) is 60.7 cm³/mol. The fraction of sp³-hybridized carbons (Fsp3) is 0. The lowest BCUT2D eigenvalue weighted by Gasteiger charge is -2.01. The monoisotopic (exact) mass is 354 g/mol. The van der Waals surface area contributed by atoms with Crippen molar-refractivity contribution >= 4 is 43.4 Å². The van der Waals surface area contributed by atoms with E-state index in [9.17, 15) is 8.78 Å². The van der Waals surface area contributed by atoms with Gasteiger partial charge in [0, 0.05) is 4.47 Å². The summed E-state index contributed by atoms with van der Waals surface area (Å²) in [6.45, 7) is 0. The van der Waals surface area contributed by atoms with Crippen molar-refractivity contribution in [3.8, 4) is 10.6 Å². The van der Waals surface area contributed by atoms with Gasteiger partial charge < -0.3 is 0 Å². The number of nitrogens with zero attached hydrogens (tertiary/aromatic N) is 2. The van der Waals surface area contributed by atoms with Crippen molar-refractivity contribution in [1.82, 2.24) is 9.36 Å². The van der Waals surface area contributed by atoms with E-state index in [4.69, 9.17) is 0 Å². The van der Waals surface area contributed by atoms with Gasteiger partial charge in [-0.1, -0.05) is 15.9 Å². The van der Waals surface area contributed by atoms with Crippen LogP contribution in [0, 0.1) is 11.6 Å². The second-order valence-electron chi connectivity index (χ2n) is 2.61. The molecule has 0 radical (unpaired) electrons. The van der Waals surface area contributed by atoms with Crippen LogP contribution in [-0.2, 0) is 0 Å². The van der Waals surface area contributed by atoms with E-state index in [2.05, 4.69) is 41.2 Å². The molecule has 0 saturated heterocycles. The van der Waals surface area contributed by atoms with Gasteiger partial charge in [-0.25, -0.2) is 13.8 Å². The number of halogens is 4. The molecule has 0 atom stereocenters. The molecule has 1 aromatic carbocycles. The van der Waals surface area contributed by atoms with Crippen LogP contribution in [0.5, 0.6) is 0 Å². The van der Waals surface area contributed by atoms with Crippen molar-refractivity contribution in [1.29, 1.82) is 0 Å². The lowest BCUT2D eigenvalue weighted by Crippen LogP contribution is -1.89. The van der Waals surface area contributed by atoms with Gasteiger partial charge in [-0.15, -0.1) is 0 Å². The molecule has 7 heteroatoms. The molecule has 0 aliphatic heterocycles. The molecule has 15 heavy (non-hydrogen) atoms. The Morgan fingerprint density at radius 1 is 1.13 bits per heavy atom. The third-order valence-corrected chi connectivity index (χ3v) is 3.40. The first-order valence-electron chi connectivity index (χ1n) is 3.72. The van der Waals surface area contributed by atoms with Gasteiger partial charge in [0.1, 0.15) is 11.6 Å². The average molecular weight is 356 g/mol. The minimum Gasteiger partial charge on any atom is -0.208 e. The minimum absolute atomic E-state index is 0.151. The standard InChI is InChI=1S/C8H2Br2F2N2S/c9-3-1-4(11)6(5(12)2-3)7-13-8(10)14-15-7/h1-2H. The minimum atomic E-state index is -0.662. The maximum atomic E-state index is 13.5. The molecule has 0 amide bonds. The van der Waals surface area contributed by atoms with Gasteiger partial charge in [0.25, 0.3) is 0 Å². The Hall–Kier alpha value is -0.400. The number of rotatable bonds is 1. The molecular formula is C8H2Br2F2N2S. The van der Waals surface area contributed by atoms with Gasteiger partial charge in [-0.05, 0) is 39.6 Å². The van der Waals surface area contributed by atoms with Gasteiger partial charge >= 0.3 is 0 Å². The third-order valence-electron chi connectivity index (χ3n) is 1.62. The van der Waals surface area contributed by atoms with E-state index in [1.165, 1.54) is 12.1 Å². The molecule has 0 unspecified atom stereocenters. The van der Waals surface area contributed by atoms with Crippen LogP contribution in [-0.4, -0.2) is 9.36 Å². The van der Waals surface area contributed by atoms with Crippen LogP contribution in [0.25, 0.3) is 10.6 Å². The van der Waals surface area contributed by atoms with Crippen LogP contribution in [0.15, 0.2) is 21.3 Å². The molecule has 1 heterocycles. The quantitative estimate of drug-likeness (QED) is 0.772. The highest BCUT2D eigenvalue weighted by Gasteiger charge is 2.16. The first kappa shape index (κ1) is 11.1. The number of hydrogen-bond donors (Lipinski definition) is 0. The smallest absolute Gasteiger partial charge is 0.208 e. The molecule has 0 aliphatic rings. The zero-order valence-electron chi connectivity index (χ0n) is 6.97. The van der Waals surface area contributed by atoms with Gasteiger partial charge in [-0.2, -0.15) is 4.37 Å². The van der Waals surface area contributed by atoms with Crippen LogP contribution >= 0.6 is 43.4 Å². The Morgan fingerprint density at radius 2 is 1.73 bits per heavy atom. The molecule has 2 rings (SSSR count). The van der Waals surface area contributed by atoms with Crippen LogP contribution in [0.1, 0.15) is 0 Å². The molecule has 0 spiro atoms. The van der Waals surface area contributed by atoms with Gasteiger partial charge in [0.05, 0.1) is 5.56 Å². The number of hydrogen-bond acceptors (Lipinski definition) is 3. The van der Waals surface area contributed by atoms with E-state index in [0.29, 0.717) is 9.21 Å². The first-order valence-corrected chi connectivity index (χ1v) is 6.08. The number of benzene rings is 1. The van der Waals surface area contributed by atoms with Crippen LogP contribution in [0.2, 0.25) is 0 Å². The molecule has 0 saturated carbocycles. The Kier molecular flexibility index (Phi) is 3.13. The summed E-state index contributed by atoms with van der Waals surface area (Å²) in [5.41, 5.74) is -0.151. The Bertz CT molecular complexity index is 492. The molecular weight excluding hydrogens is 354 g/mol. The lowest BCUT2D eigenvalue weighted by atomic mass is 10.2. The van der Waals surface area contributed by atoms with Crippen molar-refractivity contribution in [2.45, 2.75) is 0 Å². The molecule has 0 bridgehead atoms. The maximum Gasteiger partial charge on any atom is 0.209 e. The summed E-state index contributed by atoms with van der Waals surface area (Å²) < 4.78 is 31.4. The summed E-state index contributed by atoms with van der Waals surface area (Å²) >= 11 is 6.96. The largest absolute Gasteiger partial charge is 0.209 e. The second kappa shape index (κ2) is 4.23. The molecule has 2 nitrogen and oxygen atoms in total. The SMILES string of the molecule is Fc1cc(Br)cc(F)c1-c1nc(Br)ns1. The van der Waals surface area contributed by atoms with E-state index >= 15 is 0 Å². The predicted octanol–water partition coefficient (Wildman–Crippen LogP) is 4.01. The van der Waals surface area contributed by atoms with Crippen LogP contribution in [0.3, 0.4) is 0 Å². The molecule has 1 aromatic heterocycles. The first-order chi connectivity index (χ1) is 7.08. The van der Waals surface area contributed by atoms with Crippen molar-refractivity contribution in [3.05, 3.63) is 33.0 Å². The summed E-state index contributed by atoms with van der Waals surface area (Å²) in [6.07, 6.45) is 0. The second-order valence-corrected chi connectivity index (χ2v) is 4.99. The van der Waals surface area contributed by atoms with Crippen LogP contribution < -0.4 is 0 Å². The Labute approximate surface area is 105 Å². The van der Waals surface area contributed by atoms with Crippen molar-refractivity contribution < 1.29 is 8.78 Å². The van der Waals surface area contributed by atoms with Crippen molar-refractivity contribution in [2.24, 2.45) is 0 Å². The third kappa shape index (κ3) is 2.24. The highest BCUT2D eigenvalue weighted by atomic mass is 79.9. The summed E-state index contributed by atoms with van der Waals surface area (Å²) in [6, 6.07) is 2.38. The molecule has 0 aliphatic carbocycles. The van der Waals surface area contributed by atoms with Gasteiger partial charge in [0.15, 0.2) is 5.01 Å². The summed E-state index contributed by atoms with van der Waals surface area (Å²) in [5, 5.41) is 0.212. The fourth-order valence-electron chi connectivity index (χ4n) is 1.05. The van der Waals surface area contributed by atoms with E-state index in [1.54, 1.807) is 0 Å². The highest BCUT2D eigenvalue weighted by molar-refractivity contribution is 9.10. The van der Waals surface area contributed by atoms with Gasteiger partial charge in [-0.3, -0.25) is 0 Å². The Balaban J connectivity index is 2.62. The van der Waals surface area contributed by atoms with Gasteiger partial charge in [0.2, 0.25) is 4.73 Å². The topological polar surface area (TPSA) is 25.8 Å². The van der Waals surface area contributed by atoms with E-state index < -0.39 is 11.6 Å². The summed E-state index contributed by atoms with van der Waals surface area (Å²) in [5.74, 6) is -1.32. The molecule has 0 N–H and O–H groups in total. The molecule has 78 valence electrons. The van der Waals surface area contributed by atoms with Crippen molar-refractivity contribution in [3.63, 3.8) is 0 Å².